The summed E-state index contributed by atoms with van der Waals surface area (Å²) in [5, 5.41) is 1.67. The Hall–Kier alpha value is -1.06. The Bertz CT molecular complexity index is 282. The normalized spacial score (nSPS) is 10.6. The SMILES string of the molecule is CN(C)CCc1ccccc1N(C)N. The average molecular weight is 193 g/mol. The third-order valence-electron chi connectivity index (χ3n) is 2.20. The maximum atomic E-state index is 5.74. The van der Waals surface area contributed by atoms with E-state index < -0.39 is 0 Å². The lowest BCUT2D eigenvalue weighted by atomic mass is 10.1. The highest BCUT2D eigenvalue weighted by molar-refractivity contribution is 5.51. The first-order valence-electron chi connectivity index (χ1n) is 4.82. The topological polar surface area (TPSA) is 32.5 Å². The molecule has 0 aliphatic heterocycles. The Balaban J connectivity index is 2.74. The highest BCUT2D eigenvalue weighted by atomic mass is 15.4. The molecule has 1 aromatic carbocycles. The Kier molecular flexibility index (Phi) is 3.92. The van der Waals surface area contributed by atoms with Gasteiger partial charge in [-0.3, -0.25) is 0 Å². The first kappa shape index (κ1) is 11.0. The largest absolute Gasteiger partial charge is 0.314 e. The molecule has 0 bridgehead atoms. The third-order valence-corrected chi connectivity index (χ3v) is 2.20. The maximum absolute atomic E-state index is 5.74. The smallest absolute Gasteiger partial charge is 0.0546 e. The number of anilines is 1. The van der Waals surface area contributed by atoms with Crippen LogP contribution in [0.4, 0.5) is 5.69 Å². The number of hydrogen-bond donors (Lipinski definition) is 1. The molecule has 0 heterocycles. The van der Waals surface area contributed by atoms with Gasteiger partial charge >= 0.3 is 0 Å². The molecule has 0 saturated heterocycles. The average Bonchev–Trinajstić information content (AvgIpc) is 2.15. The molecule has 1 rings (SSSR count). The number of hydrazine groups is 1. The molecule has 3 heteroatoms. The summed E-state index contributed by atoms with van der Waals surface area (Å²) in [5.74, 6) is 5.74. The molecule has 0 unspecified atom stereocenters. The van der Waals surface area contributed by atoms with Crippen LogP contribution in [0.2, 0.25) is 0 Å². The predicted octanol–water partition coefficient (Wildman–Crippen LogP) is 1.10. The summed E-state index contributed by atoms with van der Waals surface area (Å²) in [7, 11) is 6.03. The summed E-state index contributed by atoms with van der Waals surface area (Å²) in [6, 6.07) is 8.24. The number of benzene rings is 1. The van der Waals surface area contributed by atoms with E-state index in [9.17, 15) is 0 Å². The molecule has 0 aliphatic rings. The van der Waals surface area contributed by atoms with Gasteiger partial charge in [0.2, 0.25) is 0 Å². The summed E-state index contributed by atoms with van der Waals surface area (Å²) >= 11 is 0. The lowest BCUT2D eigenvalue weighted by molar-refractivity contribution is 0.413. The van der Waals surface area contributed by atoms with Crippen LogP contribution >= 0.6 is 0 Å². The molecule has 0 atom stereocenters. The van der Waals surface area contributed by atoms with Gasteiger partial charge in [-0.25, -0.2) is 5.84 Å². The molecule has 14 heavy (non-hydrogen) atoms. The zero-order valence-electron chi connectivity index (χ0n) is 9.20. The van der Waals surface area contributed by atoms with Crippen molar-refractivity contribution in [2.45, 2.75) is 6.42 Å². The number of hydrogen-bond acceptors (Lipinski definition) is 3. The van der Waals surface area contributed by atoms with E-state index in [0.717, 1.165) is 18.7 Å². The molecule has 0 aliphatic carbocycles. The molecule has 0 aromatic heterocycles. The molecule has 2 N–H and O–H groups in total. The summed E-state index contributed by atoms with van der Waals surface area (Å²) in [6.45, 7) is 1.05. The Morgan fingerprint density at radius 1 is 1.14 bits per heavy atom. The van der Waals surface area contributed by atoms with Crippen molar-refractivity contribution >= 4 is 5.69 Å². The second kappa shape index (κ2) is 4.98. The Morgan fingerprint density at radius 2 is 1.79 bits per heavy atom. The van der Waals surface area contributed by atoms with Gasteiger partial charge in [0, 0.05) is 13.6 Å². The molecular weight excluding hydrogens is 174 g/mol. The van der Waals surface area contributed by atoms with Crippen molar-refractivity contribution in [3.05, 3.63) is 29.8 Å². The van der Waals surface area contributed by atoms with Gasteiger partial charge in [-0.2, -0.15) is 0 Å². The molecule has 0 spiro atoms. The highest BCUT2D eigenvalue weighted by Gasteiger charge is 2.03. The number of para-hydroxylation sites is 1. The van der Waals surface area contributed by atoms with Gasteiger partial charge in [0.25, 0.3) is 0 Å². The summed E-state index contributed by atoms with van der Waals surface area (Å²) in [4.78, 5) is 2.17. The Morgan fingerprint density at radius 3 is 2.36 bits per heavy atom. The zero-order chi connectivity index (χ0) is 10.6. The number of nitrogens with zero attached hydrogens (tertiary/aromatic N) is 2. The monoisotopic (exact) mass is 193 g/mol. The zero-order valence-corrected chi connectivity index (χ0v) is 9.20. The molecule has 0 amide bonds. The van der Waals surface area contributed by atoms with Crippen molar-refractivity contribution in [1.82, 2.24) is 4.90 Å². The van der Waals surface area contributed by atoms with E-state index in [1.54, 1.807) is 5.01 Å². The van der Waals surface area contributed by atoms with Crippen molar-refractivity contribution in [1.29, 1.82) is 0 Å². The summed E-state index contributed by atoms with van der Waals surface area (Å²) in [6.07, 6.45) is 1.03. The van der Waals surface area contributed by atoms with Crippen molar-refractivity contribution in [3.63, 3.8) is 0 Å². The second-order valence-electron chi connectivity index (χ2n) is 3.79. The number of nitrogens with two attached hydrogens (primary N) is 1. The first-order valence-corrected chi connectivity index (χ1v) is 4.82. The van der Waals surface area contributed by atoms with Crippen LogP contribution in [-0.2, 0) is 6.42 Å². The molecular formula is C11H19N3. The van der Waals surface area contributed by atoms with Gasteiger partial charge in [0.1, 0.15) is 0 Å². The quantitative estimate of drug-likeness (QED) is 0.574. The molecule has 78 valence electrons. The van der Waals surface area contributed by atoms with Crippen molar-refractivity contribution in [2.75, 3.05) is 32.7 Å². The van der Waals surface area contributed by atoms with Crippen LogP contribution in [0, 0.1) is 0 Å². The minimum atomic E-state index is 1.03. The minimum absolute atomic E-state index is 1.03. The standard InChI is InChI=1S/C11H19N3/c1-13(2)9-8-10-6-4-5-7-11(10)14(3)12/h4-7H,8-9,12H2,1-3H3. The van der Waals surface area contributed by atoms with E-state index >= 15 is 0 Å². The fraction of sp³-hybridized carbons (Fsp3) is 0.455. The summed E-state index contributed by atoms with van der Waals surface area (Å²) in [5.41, 5.74) is 2.40. The van der Waals surface area contributed by atoms with Crippen LogP contribution in [0.3, 0.4) is 0 Å². The van der Waals surface area contributed by atoms with Crippen LogP contribution in [0.5, 0.6) is 0 Å². The molecule has 0 fully saturated rings. The third kappa shape index (κ3) is 3.01. The van der Waals surface area contributed by atoms with Gasteiger partial charge in [-0.05, 0) is 32.1 Å². The maximum Gasteiger partial charge on any atom is 0.0546 e. The van der Waals surface area contributed by atoms with E-state index in [-0.39, 0.29) is 0 Å². The van der Waals surface area contributed by atoms with Gasteiger partial charge in [-0.1, -0.05) is 18.2 Å². The summed E-state index contributed by atoms with van der Waals surface area (Å²) < 4.78 is 0. The first-order chi connectivity index (χ1) is 6.61. The van der Waals surface area contributed by atoms with Gasteiger partial charge in [-0.15, -0.1) is 0 Å². The fourth-order valence-corrected chi connectivity index (χ4v) is 1.41. The lowest BCUT2D eigenvalue weighted by Gasteiger charge is -2.18. The van der Waals surface area contributed by atoms with E-state index in [1.165, 1.54) is 5.56 Å². The number of likely N-dealkylation sites (N-methyl/N-ethyl adjacent to an activating group) is 1. The van der Waals surface area contributed by atoms with Crippen molar-refractivity contribution < 1.29 is 0 Å². The minimum Gasteiger partial charge on any atom is -0.314 e. The fourth-order valence-electron chi connectivity index (χ4n) is 1.41. The molecule has 0 radical (unpaired) electrons. The molecule has 0 saturated carbocycles. The number of rotatable bonds is 4. The van der Waals surface area contributed by atoms with E-state index in [0.29, 0.717) is 0 Å². The highest BCUT2D eigenvalue weighted by Crippen LogP contribution is 2.17. The van der Waals surface area contributed by atoms with E-state index in [4.69, 9.17) is 5.84 Å². The van der Waals surface area contributed by atoms with Crippen LogP contribution in [0.1, 0.15) is 5.56 Å². The van der Waals surface area contributed by atoms with Gasteiger partial charge < -0.3 is 9.91 Å². The van der Waals surface area contributed by atoms with Crippen LogP contribution in [-0.4, -0.2) is 32.6 Å². The molecule has 1 aromatic rings. The van der Waals surface area contributed by atoms with Gasteiger partial charge in [0.05, 0.1) is 5.69 Å². The van der Waals surface area contributed by atoms with Gasteiger partial charge in [0.15, 0.2) is 0 Å². The van der Waals surface area contributed by atoms with Crippen LogP contribution in [0.25, 0.3) is 0 Å². The van der Waals surface area contributed by atoms with E-state index in [2.05, 4.69) is 31.1 Å². The van der Waals surface area contributed by atoms with Crippen LogP contribution < -0.4 is 10.9 Å². The van der Waals surface area contributed by atoms with Crippen LogP contribution in [0.15, 0.2) is 24.3 Å². The van der Waals surface area contributed by atoms with E-state index in [1.807, 2.05) is 19.2 Å². The van der Waals surface area contributed by atoms with Crippen molar-refractivity contribution in [3.8, 4) is 0 Å². The lowest BCUT2D eigenvalue weighted by Crippen LogP contribution is -2.27. The second-order valence-corrected chi connectivity index (χ2v) is 3.79. The molecule has 3 nitrogen and oxygen atoms in total. The van der Waals surface area contributed by atoms with Crippen molar-refractivity contribution in [2.24, 2.45) is 5.84 Å². The predicted molar refractivity (Wildman–Crippen MR) is 61.3 cm³/mol. The Labute approximate surface area is 86.1 Å².